The summed E-state index contributed by atoms with van der Waals surface area (Å²) in [5.41, 5.74) is 1.14. The molecule has 0 spiro atoms. The minimum Gasteiger partial charge on any atom is -0.485 e. The Kier molecular flexibility index (Phi) is 4.99. The van der Waals surface area contributed by atoms with E-state index in [0.717, 1.165) is 38.4 Å². The van der Waals surface area contributed by atoms with E-state index in [1.54, 1.807) is 0 Å². The third kappa shape index (κ3) is 3.70. The number of hydrogen-bond acceptors (Lipinski definition) is 4. The van der Waals surface area contributed by atoms with Crippen LogP contribution in [-0.4, -0.2) is 44.1 Å². The summed E-state index contributed by atoms with van der Waals surface area (Å²) in [7, 11) is 0. The highest BCUT2D eigenvalue weighted by atomic mass is 35.5. The normalized spacial score (nSPS) is 16.5. The number of halogens is 1. The van der Waals surface area contributed by atoms with Crippen LogP contribution in [0, 0.1) is 0 Å². The number of carbonyl (C=O) groups is 1. The van der Waals surface area contributed by atoms with Crippen LogP contribution in [0.25, 0.3) is 0 Å². The molecule has 0 aromatic heterocycles. The van der Waals surface area contributed by atoms with Crippen molar-refractivity contribution in [2.45, 2.75) is 6.54 Å². The Bertz CT molecular complexity index is 405. The summed E-state index contributed by atoms with van der Waals surface area (Å²) in [6.45, 7) is 4.35. The van der Waals surface area contributed by atoms with Crippen LogP contribution >= 0.6 is 11.6 Å². The van der Waals surface area contributed by atoms with Gasteiger partial charge in [-0.25, -0.2) is 0 Å². The van der Waals surface area contributed by atoms with Crippen LogP contribution in [0.3, 0.4) is 0 Å². The molecule has 0 radical (unpaired) electrons. The first kappa shape index (κ1) is 13.3. The predicted molar refractivity (Wildman–Crippen MR) is 69.1 cm³/mol. The fourth-order valence-corrected chi connectivity index (χ4v) is 2.16. The number of ether oxygens (including phenoxy) is 2. The number of aldehydes is 1. The lowest BCUT2D eigenvalue weighted by molar-refractivity contribution is -0.109. The van der Waals surface area contributed by atoms with Crippen molar-refractivity contribution >= 4 is 17.9 Å². The number of rotatable bonds is 5. The van der Waals surface area contributed by atoms with Gasteiger partial charge in [0, 0.05) is 19.6 Å². The lowest BCUT2D eigenvalue weighted by Crippen LogP contribution is -2.35. The third-order valence-electron chi connectivity index (χ3n) is 2.81. The van der Waals surface area contributed by atoms with Crippen LogP contribution in [0.15, 0.2) is 18.2 Å². The quantitative estimate of drug-likeness (QED) is 0.764. The van der Waals surface area contributed by atoms with Crippen LogP contribution in [0.5, 0.6) is 5.75 Å². The van der Waals surface area contributed by atoms with E-state index in [0.29, 0.717) is 17.1 Å². The van der Waals surface area contributed by atoms with Gasteiger partial charge in [0.15, 0.2) is 6.29 Å². The molecule has 2 rings (SSSR count). The maximum atomic E-state index is 10.2. The molecule has 1 aromatic rings. The molecule has 98 valence electrons. The second kappa shape index (κ2) is 6.73. The van der Waals surface area contributed by atoms with Gasteiger partial charge in [0.05, 0.1) is 18.2 Å². The predicted octanol–water partition coefficient (Wildman–Crippen LogP) is 1.75. The molecule has 0 saturated carbocycles. The lowest BCUT2D eigenvalue weighted by Gasteiger charge is -2.26. The van der Waals surface area contributed by atoms with Gasteiger partial charge in [-0.05, 0) is 17.7 Å². The second-order valence-electron chi connectivity index (χ2n) is 4.13. The fraction of sp³-hybridized carbons (Fsp3) is 0.462. The Morgan fingerprint density at radius 1 is 1.39 bits per heavy atom. The van der Waals surface area contributed by atoms with Crippen molar-refractivity contribution in [2.75, 3.05) is 32.9 Å². The van der Waals surface area contributed by atoms with E-state index in [1.165, 1.54) is 0 Å². The molecular weight excluding hydrogens is 254 g/mol. The van der Waals surface area contributed by atoms with E-state index in [2.05, 4.69) is 4.90 Å². The molecule has 0 atom stereocenters. The summed E-state index contributed by atoms with van der Waals surface area (Å²) in [5.74, 6) is 0.550. The molecule has 1 saturated heterocycles. The molecule has 0 bridgehead atoms. The highest BCUT2D eigenvalue weighted by Gasteiger charge is 2.11. The Morgan fingerprint density at radius 2 is 2.17 bits per heavy atom. The molecule has 18 heavy (non-hydrogen) atoms. The van der Waals surface area contributed by atoms with Crippen LogP contribution in [0.4, 0.5) is 0 Å². The molecule has 0 amide bonds. The van der Waals surface area contributed by atoms with Gasteiger partial charge in [0.25, 0.3) is 0 Å². The largest absolute Gasteiger partial charge is 0.485 e. The molecule has 0 unspecified atom stereocenters. The highest BCUT2D eigenvalue weighted by molar-refractivity contribution is 6.32. The minimum absolute atomic E-state index is 0.0303. The van der Waals surface area contributed by atoms with Crippen LogP contribution in [-0.2, 0) is 16.1 Å². The molecular formula is C13H16ClNO3. The Hall–Kier alpha value is -1.10. The zero-order valence-corrected chi connectivity index (χ0v) is 10.9. The van der Waals surface area contributed by atoms with Gasteiger partial charge in [-0.2, -0.15) is 0 Å². The van der Waals surface area contributed by atoms with Gasteiger partial charge < -0.3 is 9.47 Å². The summed E-state index contributed by atoms with van der Waals surface area (Å²) < 4.78 is 10.5. The monoisotopic (exact) mass is 269 g/mol. The van der Waals surface area contributed by atoms with E-state index in [9.17, 15) is 4.79 Å². The lowest BCUT2D eigenvalue weighted by atomic mass is 10.2. The van der Waals surface area contributed by atoms with Crippen LogP contribution in [0.1, 0.15) is 5.56 Å². The van der Waals surface area contributed by atoms with Gasteiger partial charge in [0.2, 0.25) is 0 Å². The molecule has 0 aliphatic carbocycles. The number of morpholine rings is 1. The van der Waals surface area contributed by atoms with E-state index >= 15 is 0 Å². The maximum absolute atomic E-state index is 10.2. The van der Waals surface area contributed by atoms with Crippen molar-refractivity contribution in [1.29, 1.82) is 0 Å². The zero-order valence-electron chi connectivity index (χ0n) is 10.1. The minimum atomic E-state index is 0.0303. The van der Waals surface area contributed by atoms with Gasteiger partial charge in [0.1, 0.15) is 12.4 Å². The Labute approximate surface area is 111 Å². The summed E-state index contributed by atoms with van der Waals surface area (Å²) in [6.07, 6.45) is 0.706. The van der Waals surface area contributed by atoms with Crippen molar-refractivity contribution in [2.24, 2.45) is 0 Å². The van der Waals surface area contributed by atoms with E-state index in [4.69, 9.17) is 21.1 Å². The smallest absolute Gasteiger partial charge is 0.157 e. The Balaban J connectivity index is 1.96. The molecule has 5 heteroatoms. The molecule has 1 fully saturated rings. The molecule has 4 nitrogen and oxygen atoms in total. The van der Waals surface area contributed by atoms with Gasteiger partial charge in [-0.3, -0.25) is 9.69 Å². The summed E-state index contributed by atoms with van der Waals surface area (Å²) in [5, 5.41) is 0.544. The van der Waals surface area contributed by atoms with Crippen molar-refractivity contribution in [3.63, 3.8) is 0 Å². The number of hydrogen-bond donors (Lipinski definition) is 0. The van der Waals surface area contributed by atoms with Crippen LogP contribution in [0.2, 0.25) is 5.02 Å². The fourth-order valence-electron chi connectivity index (χ4n) is 1.90. The summed E-state index contributed by atoms with van der Waals surface area (Å²) >= 11 is 6.10. The SMILES string of the molecule is O=CCOc1ccc(CN2CCOCC2)cc1Cl. The molecule has 1 aliphatic heterocycles. The van der Waals surface area contributed by atoms with Crippen molar-refractivity contribution < 1.29 is 14.3 Å². The second-order valence-corrected chi connectivity index (χ2v) is 4.54. The van der Waals surface area contributed by atoms with E-state index in [1.807, 2.05) is 18.2 Å². The average Bonchev–Trinajstić information content (AvgIpc) is 2.39. The first-order valence-corrected chi connectivity index (χ1v) is 6.32. The molecule has 1 heterocycles. The van der Waals surface area contributed by atoms with Gasteiger partial charge >= 0.3 is 0 Å². The number of carbonyl (C=O) groups excluding carboxylic acids is 1. The van der Waals surface area contributed by atoms with E-state index < -0.39 is 0 Å². The summed E-state index contributed by atoms with van der Waals surface area (Å²) in [4.78, 5) is 12.6. The molecule has 1 aliphatic rings. The first-order chi connectivity index (χ1) is 8.79. The Morgan fingerprint density at radius 3 is 2.83 bits per heavy atom. The topological polar surface area (TPSA) is 38.8 Å². The number of benzene rings is 1. The summed E-state index contributed by atoms with van der Waals surface area (Å²) in [6, 6.07) is 5.67. The molecule has 1 aromatic carbocycles. The van der Waals surface area contributed by atoms with E-state index in [-0.39, 0.29) is 6.61 Å². The standard InChI is InChI=1S/C13H16ClNO3/c14-12-9-11(1-2-13(12)18-8-5-16)10-15-3-6-17-7-4-15/h1-2,5,9H,3-4,6-8,10H2. The van der Waals surface area contributed by atoms with Gasteiger partial charge in [-0.1, -0.05) is 17.7 Å². The van der Waals surface area contributed by atoms with Gasteiger partial charge in [-0.15, -0.1) is 0 Å². The average molecular weight is 270 g/mol. The van der Waals surface area contributed by atoms with Crippen LogP contribution < -0.4 is 4.74 Å². The van der Waals surface area contributed by atoms with Crippen molar-refractivity contribution in [3.8, 4) is 5.75 Å². The molecule has 0 N–H and O–H groups in total. The van der Waals surface area contributed by atoms with Crippen molar-refractivity contribution in [3.05, 3.63) is 28.8 Å². The maximum Gasteiger partial charge on any atom is 0.157 e. The highest BCUT2D eigenvalue weighted by Crippen LogP contribution is 2.26. The first-order valence-electron chi connectivity index (χ1n) is 5.94. The van der Waals surface area contributed by atoms with Crippen molar-refractivity contribution in [1.82, 2.24) is 4.90 Å². The number of nitrogens with zero attached hydrogens (tertiary/aromatic N) is 1. The zero-order chi connectivity index (χ0) is 12.8. The third-order valence-corrected chi connectivity index (χ3v) is 3.11.